The molecular weight excluding hydrogens is 354 g/mol. The van der Waals surface area contributed by atoms with Gasteiger partial charge in [0.05, 0.1) is 6.42 Å². The zero-order valence-corrected chi connectivity index (χ0v) is 16.2. The lowest BCUT2D eigenvalue weighted by Gasteiger charge is -2.31. The minimum absolute atomic E-state index is 0.00588. The Kier molecular flexibility index (Phi) is 6.66. The van der Waals surface area contributed by atoms with Crippen molar-refractivity contribution in [2.75, 3.05) is 37.0 Å². The lowest BCUT2D eigenvalue weighted by Crippen LogP contribution is -2.43. The van der Waals surface area contributed by atoms with Gasteiger partial charge in [-0.3, -0.25) is 4.79 Å². The van der Waals surface area contributed by atoms with Gasteiger partial charge in [-0.05, 0) is 48.6 Å². The van der Waals surface area contributed by atoms with E-state index in [0.717, 1.165) is 24.1 Å². The van der Waals surface area contributed by atoms with E-state index in [4.69, 9.17) is 0 Å². The number of carbonyl (C=O) groups excluding carboxylic acids is 2. The molecule has 28 heavy (non-hydrogen) atoms. The van der Waals surface area contributed by atoms with Crippen LogP contribution in [0.2, 0.25) is 0 Å². The molecule has 0 bridgehead atoms. The van der Waals surface area contributed by atoms with Crippen molar-refractivity contribution in [1.82, 2.24) is 4.90 Å². The third-order valence-electron chi connectivity index (χ3n) is 5.14. The van der Waals surface area contributed by atoms with Crippen molar-refractivity contribution in [2.24, 2.45) is 5.92 Å². The van der Waals surface area contributed by atoms with Gasteiger partial charge in [-0.25, -0.2) is 4.79 Å². The number of amides is 3. The first kappa shape index (κ1) is 19.9. The van der Waals surface area contributed by atoms with Gasteiger partial charge >= 0.3 is 6.03 Å². The summed E-state index contributed by atoms with van der Waals surface area (Å²) in [6.07, 6.45) is 2.17. The number of aliphatic hydroxyl groups excluding tert-OH is 1. The van der Waals surface area contributed by atoms with Crippen LogP contribution in [-0.4, -0.2) is 48.7 Å². The fourth-order valence-corrected chi connectivity index (χ4v) is 3.40. The van der Waals surface area contributed by atoms with E-state index >= 15 is 0 Å². The van der Waals surface area contributed by atoms with Gasteiger partial charge in [0.15, 0.2) is 0 Å². The molecule has 3 amide bonds. The number of nitrogens with one attached hydrogen (secondary N) is 1. The molecule has 6 nitrogen and oxygen atoms in total. The van der Waals surface area contributed by atoms with Crippen molar-refractivity contribution in [3.05, 3.63) is 60.2 Å². The highest BCUT2D eigenvalue weighted by Gasteiger charge is 2.23. The van der Waals surface area contributed by atoms with Crippen molar-refractivity contribution in [2.45, 2.75) is 19.3 Å². The van der Waals surface area contributed by atoms with Crippen LogP contribution in [0.15, 0.2) is 54.6 Å². The third kappa shape index (κ3) is 5.10. The maximum atomic E-state index is 12.5. The molecule has 0 aromatic heterocycles. The second kappa shape index (κ2) is 9.37. The van der Waals surface area contributed by atoms with E-state index in [1.54, 1.807) is 16.8 Å². The molecule has 0 spiro atoms. The predicted molar refractivity (Wildman–Crippen MR) is 110 cm³/mol. The summed E-state index contributed by atoms with van der Waals surface area (Å²) in [5, 5.41) is 12.2. The van der Waals surface area contributed by atoms with E-state index in [0.29, 0.717) is 25.2 Å². The summed E-state index contributed by atoms with van der Waals surface area (Å²) >= 11 is 0. The lowest BCUT2D eigenvalue weighted by molar-refractivity contribution is -0.117. The van der Waals surface area contributed by atoms with Crippen LogP contribution in [-0.2, 0) is 11.2 Å². The van der Waals surface area contributed by atoms with Gasteiger partial charge in [0.1, 0.15) is 0 Å². The van der Waals surface area contributed by atoms with Gasteiger partial charge < -0.3 is 20.2 Å². The monoisotopic (exact) mass is 381 g/mol. The van der Waals surface area contributed by atoms with Crippen LogP contribution in [0.1, 0.15) is 18.4 Å². The van der Waals surface area contributed by atoms with E-state index in [9.17, 15) is 14.7 Å². The summed E-state index contributed by atoms with van der Waals surface area (Å²) in [7, 11) is 1.77. The largest absolute Gasteiger partial charge is 0.396 e. The highest BCUT2D eigenvalue weighted by atomic mass is 16.3. The van der Waals surface area contributed by atoms with E-state index in [1.165, 1.54) is 0 Å². The van der Waals surface area contributed by atoms with Gasteiger partial charge in [-0.1, -0.05) is 30.3 Å². The van der Waals surface area contributed by atoms with Crippen LogP contribution in [0, 0.1) is 5.92 Å². The minimum Gasteiger partial charge on any atom is -0.396 e. The van der Waals surface area contributed by atoms with Gasteiger partial charge in [0.2, 0.25) is 5.91 Å². The molecule has 1 fully saturated rings. The van der Waals surface area contributed by atoms with Crippen LogP contribution in [0.4, 0.5) is 16.2 Å². The third-order valence-corrected chi connectivity index (χ3v) is 5.14. The number of urea groups is 1. The van der Waals surface area contributed by atoms with Crippen molar-refractivity contribution in [3.8, 4) is 0 Å². The van der Waals surface area contributed by atoms with Crippen LogP contribution in [0.25, 0.3) is 0 Å². The molecule has 0 aliphatic carbocycles. The summed E-state index contributed by atoms with van der Waals surface area (Å²) in [5.41, 5.74) is 2.45. The second-order valence-electron chi connectivity index (χ2n) is 7.23. The van der Waals surface area contributed by atoms with E-state index in [1.807, 2.05) is 54.6 Å². The minimum atomic E-state index is -0.147. The number of hydrogen-bond donors (Lipinski definition) is 2. The Morgan fingerprint density at radius 1 is 1.14 bits per heavy atom. The SMILES string of the molecule is CN(C(=O)Cc1ccc(NC(=O)N2CCCC(CO)C2)cc1)c1ccccc1. The highest BCUT2D eigenvalue weighted by molar-refractivity contribution is 5.94. The molecule has 0 saturated carbocycles. The van der Waals surface area contributed by atoms with Crippen molar-refractivity contribution in [3.63, 3.8) is 0 Å². The number of anilines is 2. The number of rotatable bonds is 5. The number of nitrogens with zero attached hydrogens (tertiary/aromatic N) is 2. The lowest BCUT2D eigenvalue weighted by atomic mass is 9.99. The fourth-order valence-electron chi connectivity index (χ4n) is 3.40. The Morgan fingerprint density at radius 2 is 1.86 bits per heavy atom. The van der Waals surface area contributed by atoms with Crippen molar-refractivity contribution < 1.29 is 14.7 Å². The summed E-state index contributed by atoms with van der Waals surface area (Å²) in [5.74, 6) is 0.167. The molecule has 2 N–H and O–H groups in total. The second-order valence-corrected chi connectivity index (χ2v) is 7.23. The Balaban J connectivity index is 1.54. The van der Waals surface area contributed by atoms with Crippen LogP contribution < -0.4 is 10.2 Å². The molecule has 2 aromatic rings. The number of piperidine rings is 1. The molecule has 1 aliphatic rings. The molecular formula is C22H27N3O3. The first-order chi connectivity index (χ1) is 13.6. The number of likely N-dealkylation sites (tertiary alicyclic amines) is 1. The summed E-state index contributed by atoms with van der Waals surface area (Å²) in [4.78, 5) is 28.3. The van der Waals surface area contributed by atoms with Crippen molar-refractivity contribution >= 4 is 23.3 Å². The number of hydrogen-bond acceptors (Lipinski definition) is 3. The average molecular weight is 381 g/mol. The molecule has 1 aliphatic heterocycles. The molecule has 1 saturated heterocycles. The molecule has 6 heteroatoms. The number of benzene rings is 2. The zero-order valence-electron chi connectivity index (χ0n) is 16.2. The number of para-hydroxylation sites is 1. The van der Waals surface area contributed by atoms with E-state index in [-0.39, 0.29) is 24.5 Å². The predicted octanol–water partition coefficient (Wildman–Crippen LogP) is 3.13. The summed E-state index contributed by atoms with van der Waals surface area (Å²) < 4.78 is 0. The molecule has 3 rings (SSSR count). The number of aliphatic hydroxyl groups is 1. The number of likely N-dealkylation sites (N-methyl/N-ethyl adjacent to an activating group) is 1. The van der Waals surface area contributed by atoms with Crippen LogP contribution >= 0.6 is 0 Å². The maximum absolute atomic E-state index is 12.5. The first-order valence-electron chi connectivity index (χ1n) is 9.64. The normalized spacial score (nSPS) is 16.5. The van der Waals surface area contributed by atoms with E-state index < -0.39 is 0 Å². The average Bonchev–Trinajstić information content (AvgIpc) is 2.75. The Labute approximate surface area is 165 Å². The number of carbonyl (C=O) groups is 2. The Bertz CT molecular complexity index is 792. The Morgan fingerprint density at radius 3 is 2.54 bits per heavy atom. The molecule has 0 radical (unpaired) electrons. The fraction of sp³-hybridized carbons (Fsp3) is 0.364. The quantitative estimate of drug-likeness (QED) is 0.836. The van der Waals surface area contributed by atoms with Crippen molar-refractivity contribution in [1.29, 1.82) is 0 Å². The molecule has 1 atom stereocenters. The van der Waals surface area contributed by atoms with Gasteiger partial charge in [-0.15, -0.1) is 0 Å². The summed E-state index contributed by atoms with van der Waals surface area (Å²) in [6, 6.07) is 16.7. The topological polar surface area (TPSA) is 72.9 Å². The van der Waals surface area contributed by atoms with Crippen LogP contribution in [0.3, 0.4) is 0 Å². The highest BCUT2D eigenvalue weighted by Crippen LogP contribution is 2.18. The molecule has 1 heterocycles. The van der Waals surface area contributed by atoms with Gasteiger partial charge in [0, 0.05) is 38.1 Å². The smallest absolute Gasteiger partial charge is 0.321 e. The maximum Gasteiger partial charge on any atom is 0.321 e. The van der Waals surface area contributed by atoms with Gasteiger partial charge in [-0.2, -0.15) is 0 Å². The molecule has 148 valence electrons. The zero-order chi connectivity index (χ0) is 19.9. The molecule has 1 unspecified atom stereocenters. The van der Waals surface area contributed by atoms with E-state index in [2.05, 4.69) is 5.32 Å². The van der Waals surface area contributed by atoms with Crippen LogP contribution in [0.5, 0.6) is 0 Å². The Hall–Kier alpha value is -2.86. The summed E-state index contributed by atoms with van der Waals surface area (Å²) in [6.45, 7) is 1.41. The molecule has 2 aromatic carbocycles. The van der Waals surface area contributed by atoms with Gasteiger partial charge in [0.25, 0.3) is 0 Å². The first-order valence-corrected chi connectivity index (χ1v) is 9.64. The standard InChI is InChI=1S/C22H27N3O3/c1-24(20-7-3-2-4-8-20)21(27)14-17-9-11-19(12-10-17)23-22(28)25-13-5-6-18(15-25)16-26/h2-4,7-12,18,26H,5-6,13-16H2,1H3,(H,23,28).